The van der Waals surface area contributed by atoms with Gasteiger partial charge in [0.1, 0.15) is 5.75 Å². The number of halogens is 4. The molecule has 0 aromatic heterocycles. The largest absolute Gasteiger partial charge is 0.573 e. The number of rotatable bonds is 4. The van der Waals surface area contributed by atoms with E-state index in [4.69, 9.17) is 11.6 Å². The molecule has 20 heavy (non-hydrogen) atoms. The van der Waals surface area contributed by atoms with E-state index in [9.17, 15) is 13.2 Å². The summed E-state index contributed by atoms with van der Waals surface area (Å²) < 4.78 is 39.8. The fraction of sp³-hybridized carbons (Fsp3) is 0.143. The highest BCUT2D eigenvalue weighted by atomic mass is 35.5. The molecule has 0 atom stereocenters. The van der Waals surface area contributed by atoms with E-state index in [0.717, 1.165) is 11.3 Å². The summed E-state index contributed by atoms with van der Waals surface area (Å²) in [5.74, 6) is -0.229. The molecule has 0 spiro atoms. The van der Waals surface area contributed by atoms with Crippen molar-refractivity contribution in [3.63, 3.8) is 0 Å². The molecular formula is C14H11ClF3NO. The summed E-state index contributed by atoms with van der Waals surface area (Å²) in [6.07, 6.45) is -4.66. The van der Waals surface area contributed by atoms with Crippen molar-refractivity contribution in [2.45, 2.75) is 12.9 Å². The van der Waals surface area contributed by atoms with E-state index < -0.39 is 6.36 Å². The zero-order chi connectivity index (χ0) is 14.6. The van der Waals surface area contributed by atoms with Crippen LogP contribution in [0.1, 0.15) is 5.56 Å². The fourth-order valence-electron chi connectivity index (χ4n) is 1.58. The Labute approximate surface area is 119 Å². The zero-order valence-corrected chi connectivity index (χ0v) is 11.0. The SMILES string of the molecule is FC(F)(F)Oc1ccc(CNc2ccc(Cl)cc2)cc1. The highest BCUT2D eigenvalue weighted by molar-refractivity contribution is 6.30. The first-order chi connectivity index (χ1) is 9.42. The number of benzene rings is 2. The van der Waals surface area contributed by atoms with Crippen molar-refractivity contribution in [3.05, 3.63) is 59.1 Å². The lowest BCUT2D eigenvalue weighted by Crippen LogP contribution is -2.17. The van der Waals surface area contributed by atoms with Crippen molar-refractivity contribution in [1.82, 2.24) is 0 Å². The number of ether oxygens (including phenoxy) is 1. The maximum absolute atomic E-state index is 12.0. The van der Waals surface area contributed by atoms with Gasteiger partial charge in [0.05, 0.1) is 0 Å². The Morgan fingerprint density at radius 1 is 0.950 bits per heavy atom. The second kappa shape index (κ2) is 6.05. The molecule has 2 rings (SSSR count). The zero-order valence-electron chi connectivity index (χ0n) is 10.2. The van der Waals surface area contributed by atoms with Crippen LogP contribution in [0.3, 0.4) is 0 Å². The first kappa shape index (κ1) is 14.5. The first-order valence-corrected chi connectivity index (χ1v) is 6.14. The highest BCUT2D eigenvalue weighted by Gasteiger charge is 2.30. The van der Waals surface area contributed by atoms with Gasteiger partial charge in [0.25, 0.3) is 0 Å². The van der Waals surface area contributed by atoms with Crippen LogP contribution in [-0.2, 0) is 6.54 Å². The molecule has 2 aromatic rings. The smallest absolute Gasteiger partial charge is 0.406 e. The molecule has 0 unspecified atom stereocenters. The third-order valence-corrected chi connectivity index (χ3v) is 2.75. The maximum atomic E-state index is 12.0. The van der Waals surface area contributed by atoms with Gasteiger partial charge in [0, 0.05) is 17.3 Å². The predicted octanol–water partition coefficient (Wildman–Crippen LogP) is 4.85. The molecule has 0 fully saturated rings. The minimum atomic E-state index is -4.66. The van der Waals surface area contributed by atoms with Crippen LogP contribution in [-0.4, -0.2) is 6.36 Å². The van der Waals surface area contributed by atoms with Crippen molar-refractivity contribution in [1.29, 1.82) is 0 Å². The maximum Gasteiger partial charge on any atom is 0.573 e. The predicted molar refractivity (Wildman–Crippen MR) is 71.9 cm³/mol. The summed E-state index contributed by atoms with van der Waals surface area (Å²) in [6, 6.07) is 12.9. The number of alkyl halides is 3. The minimum absolute atomic E-state index is 0.229. The number of hydrogen-bond acceptors (Lipinski definition) is 2. The molecule has 0 aliphatic heterocycles. The third-order valence-electron chi connectivity index (χ3n) is 2.50. The molecule has 1 N–H and O–H groups in total. The van der Waals surface area contributed by atoms with Gasteiger partial charge in [-0.25, -0.2) is 0 Å². The highest BCUT2D eigenvalue weighted by Crippen LogP contribution is 2.23. The first-order valence-electron chi connectivity index (χ1n) is 5.76. The van der Waals surface area contributed by atoms with Gasteiger partial charge in [0.15, 0.2) is 0 Å². The number of nitrogens with one attached hydrogen (secondary N) is 1. The van der Waals surface area contributed by atoms with Crippen LogP contribution in [0, 0.1) is 0 Å². The van der Waals surface area contributed by atoms with Crippen LogP contribution in [0.25, 0.3) is 0 Å². The standard InChI is InChI=1S/C14H11ClF3NO/c15-11-3-5-12(6-4-11)19-9-10-1-7-13(8-2-10)20-14(16,17)18/h1-8,19H,9H2. The van der Waals surface area contributed by atoms with E-state index in [1.807, 2.05) is 12.1 Å². The van der Waals surface area contributed by atoms with Crippen LogP contribution in [0.2, 0.25) is 5.02 Å². The molecule has 0 amide bonds. The Morgan fingerprint density at radius 3 is 2.10 bits per heavy atom. The van der Waals surface area contributed by atoms with E-state index in [1.165, 1.54) is 12.1 Å². The lowest BCUT2D eigenvalue weighted by molar-refractivity contribution is -0.274. The van der Waals surface area contributed by atoms with Gasteiger partial charge < -0.3 is 10.1 Å². The minimum Gasteiger partial charge on any atom is -0.406 e. The Kier molecular flexibility index (Phi) is 4.39. The molecule has 2 aromatic carbocycles. The summed E-state index contributed by atoms with van der Waals surface area (Å²) in [7, 11) is 0. The Hall–Kier alpha value is -1.88. The van der Waals surface area contributed by atoms with Crippen molar-refractivity contribution in [2.24, 2.45) is 0 Å². The molecule has 0 saturated heterocycles. The quantitative estimate of drug-likeness (QED) is 0.871. The Morgan fingerprint density at radius 2 is 1.55 bits per heavy atom. The Balaban J connectivity index is 1.92. The molecule has 0 radical (unpaired) electrons. The lowest BCUT2D eigenvalue weighted by atomic mass is 10.2. The van der Waals surface area contributed by atoms with Crippen molar-refractivity contribution < 1.29 is 17.9 Å². The molecule has 0 aliphatic carbocycles. The molecule has 2 nitrogen and oxygen atoms in total. The molecule has 6 heteroatoms. The molecule has 0 bridgehead atoms. The molecule has 0 heterocycles. The summed E-state index contributed by atoms with van der Waals surface area (Å²) in [5, 5.41) is 3.78. The molecule has 0 saturated carbocycles. The fourth-order valence-corrected chi connectivity index (χ4v) is 1.71. The second-order valence-corrected chi connectivity index (χ2v) is 4.49. The third kappa shape index (κ3) is 4.66. The van der Waals surface area contributed by atoms with Gasteiger partial charge in [-0.2, -0.15) is 0 Å². The van der Waals surface area contributed by atoms with E-state index in [2.05, 4.69) is 10.1 Å². The summed E-state index contributed by atoms with van der Waals surface area (Å²) in [5.41, 5.74) is 1.72. The second-order valence-electron chi connectivity index (χ2n) is 4.05. The monoisotopic (exact) mass is 301 g/mol. The summed E-state index contributed by atoms with van der Waals surface area (Å²) >= 11 is 5.77. The topological polar surface area (TPSA) is 21.3 Å². The van der Waals surface area contributed by atoms with Crippen LogP contribution in [0.5, 0.6) is 5.75 Å². The van der Waals surface area contributed by atoms with Gasteiger partial charge in [-0.15, -0.1) is 13.2 Å². The van der Waals surface area contributed by atoms with Crippen molar-refractivity contribution in [3.8, 4) is 5.75 Å². The van der Waals surface area contributed by atoms with E-state index in [-0.39, 0.29) is 5.75 Å². The Bertz CT molecular complexity index is 552. The number of hydrogen-bond donors (Lipinski definition) is 1. The van der Waals surface area contributed by atoms with Crippen LogP contribution < -0.4 is 10.1 Å². The number of anilines is 1. The van der Waals surface area contributed by atoms with E-state index >= 15 is 0 Å². The molecule has 106 valence electrons. The van der Waals surface area contributed by atoms with Gasteiger partial charge in [-0.05, 0) is 42.0 Å². The van der Waals surface area contributed by atoms with Crippen molar-refractivity contribution >= 4 is 17.3 Å². The van der Waals surface area contributed by atoms with E-state index in [1.54, 1.807) is 24.3 Å². The van der Waals surface area contributed by atoms with Crippen LogP contribution in [0.15, 0.2) is 48.5 Å². The van der Waals surface area contributed by atoms with Gasteiger partial charge in [-0.3, -0.25) is 0 Å². The summed E-state index contributed by atoms with van der Waals surface area (Å²) in [4.78, 5) is 0. The van der Waals surface area contributed by atoms with Gasteiger partial charge in [0.2, 0.25) is 0 Å². The van der Waals surface area contributed by atoms with Crippen LogP contribution in [0.4, 0.5) is 18.9 Å². The average molecular weight is 302 g/mol. The lowest BCUT2D eigenvalue weighted by Gasteiger charge is -2.10. The molecule has 0 aliphatic rings. The average Bonchev–Trinajstić information content (AvgIpc) is 2.38. The van der Waals surface area contributed by atoms with Gasteiger partial charge in [-0.1, -0.05) is 23.7 Å². The van der Waals surface area contributed by atoms with Crippen LogP contribution >= 0.6 is 11.6 Å². The van der Waals surface area contributed by atoms with Crippen molar-refractivity contribution in [2.75, 3.05) is 5.32 Å². The summed E-state index contributed by atoms with van der Waals surface area (Å²) in [6.45, 7) is 0.494. The van der Waals surface area contributed by atoms with Gasteiger partial charge >= 0.3 is 6.36 Å². The van der Waals surface area contributed by atoms with E-state index in [0.29, 0.717) is 11.6 Å². The molecular weight excluding hydrogens is 291 g/mol. The normalized spacial score (nSPS) is 11.2.